The zero-order chi connectivity index (χ0) is 26.3. The first-order valence-electron chi connectivity index (χ1n) is 12.3. The van der Waals surface area contributed by atoms with Gasteiger partial charge in [-0.3, -0.25) is 14.1 Å². The molecule has 0 aliphatic carbocycles. The van der Waals surface area contributed by atoms with Crippen LogP contribution >= 0.6 is 0 Å². The second kappa shape index (κ2) is 9.61. The van der Waals surface area contributed by atoms with Crippen LogP contribution in [0.3, 0.4) is 0 Å². The molecule has 3 heterocycles. The average Bonchev–Trinajstić information content (AvgIpc) is 3.15. The van der Waals surface area contributed by atoms with Crippen LogP contribution in [0.15, 0.2) is 59.5 Å². The van der Waals surface area contributed by atoms with Crippen molar-refractivity contribution in [3.63, 3.8) is 0 Å². The van der Waals surface area contributed by atoms with Crippen molar-refractivity contribution in [3.8, 4) is 5.75 Å². The Morgan fingerprint density at radius 2 is 1.68 bits per heavy atom. The van der Waals surface area contributed by atoms with E-state index < -0.39 is 11.9 Å². The summed E-state index contributed by atoms with van der Waals surface area (Å²) in [4.78, 5) is 19.8. The van der Waals surface area contributed by atoms with Gasteiger partial charge in [-0.25, -0.2) is 4.79 Å². The van der Waals surface area contributed by atoms with Crippen LogP contribution in [0.4, 0.5) is 18.9 Å². The van der Waals surface area contributed by atoms with E-state index in [0.717, 1.165) is 32.1 Å². The highest BCUT2D eigenvalue weighted by Gasteiger charge is 2.36. The van der Waals surface area contributed by atoms with Crippen LogP contribution in [0.25, 0.3) is 11.0 Å². The Labute approximate surface area is 212 Å². The molecular formula is C28H29F3N4O2. The molecule has 0 atom stereocenters. The molecule has 4 aromatic rings. The summed E-state index contributed by atoms with van der Waals surface area (Å²) < 4.78 is 49.6. The first-order valence-corrected chi connectivity index (χ1v) is 12.3. The van der Waals surface area contributed by atoms with Crippen molar-refractivity contribution in [3.05, 3.63) is 87.6 Å². The number of methoxy groups -OCH3 is 1. The quantitative estimate of drug-likeness (QED) is 0.344. The monoisotopic (exact) mass is 510 g/mol. The summed E-state index contributed by atoms with van der Waals surface area (Å²) in [7, 11) is 1.50. The molecule has 1 fully saturated rings. The summed E-state index contributed by atoms with van der Waals surface area (Å²) in [6.45, 7) is 5.51. The van der Waals surface area contributed by atoms with Crippen LogP contribution < -0.4 is 15.3 Å². The van der Waals surface area contributed by atoms with E-state index in [0.29, 0.717) is 16.8 Å². The lowest BCUT2D eigenvalue weighted by molar-refractivity contribution is -0.141. The van der Waals surface area contributed by atoms with E-state index in [4.69, 9.17) is 4.74 Å². The number of para-hydroxylation sites is 2. The van der Waals surface area contributed by atoms with Crippen LogP contribution in [0.1, 0.15) is 41.3 Å². The molecule has 0 radical (unpaired) electrons. The number of aryl methyl sites for hydroxylation is 2. The van der Waals surface area contributed by atoms with E-state index in [9.17, 15) is 18.0 Å². The molecule has 0 unspecified atom stereocenters. The van der Waals surface area contributed by atoms with Crippen LogP contribution in [0.2, 0.25) is 0 Å². The SMILES string of the molecule is COc1cccc2c1n(Cc1cccnc1C(F)(F)F)c(=O)n2C1CCN(c2c(C)cccc2C)CC1. The van der Waals surface area contributed by atoms with Gasteiger partial charge in [0, 0.05) is 36.6 Å². The van der Waals surface area contributed by atoms with Crippen molar-refractivity contribution < 1.29 is 17.9 Å². The molecule has 1 aliphatic rings. The average molecular weight is 511 g/mol. The van der Waals surface area contributed by atoms with Crippen molar-refractivity contribution in [1.82, 2.24) is 14.1 Å². The second-order valence-corrected chi connectivity index (χ2v) is 9.53. The number of nitrogens with zero attached hydrogens (tertiary/aromatic N) is 4. The summed E-state index contributed by atoms with van der Waals surface area (Å²) in [5.41, 5.74) is 3.42. The minimum Gasteiger partial charge on any atom is -0.494 e. The van der Waals surface area contributed by atoms with Crippen LogP contribution in [0, 0.1) is 13.8 Å². The Kier molecular flexibility index (Phi) is 6.47. The van der Waals surface area contributed by atoms with Gasteiger partial charge in [-0.2, -0.15) is 13.2 Å². The predicted octanol–water partition coefficient (Wildman–Crippen LogP) is 5.73. The fourth-order valence-electron chi connectivity index (χ4n) is 5.61. The highest BCUT2D eigenvalue weighted by Crippen LogP contribution is 2.35. The van der Waals surface area contributed by atoms with Crippen LogP contribution in [-0.2, 0) is 12.7 Å². The molecule has 1 saturated heterocycles. The van der Waals surface area contributed by atoms with Gasteiger partial charge in [-0.15, -0.1) is 0 Å². The topological polar surface area (TPSA) is 52.3 Å². The molecule has 194 valence electrons. The molecule has 0 bridgehead atoms. The third-order valence-corrected chi connectivity index (χ3v) is 7.24. The Balaban J connectivity index is 1.55. The largest absolute Gasteiger partial charge is 0.494 e. The van der Waals surface area contributed by atoms with E-state index in [2.05, 4.69) is 41.9 Å². The zero-order valence-corrected chi connectivity index (χ0v) is 21.0. The van der Waals surface area contributed by atoms with Crippen molar-refractivity contribution in [1.29, 1.82) is 0 Å². The third-order valence-electron chi connectivity index (χ3n) is 7.24. The van der Waals surface area contributed by atoms with Gasteiger partial charge in [-0.1, -0.05) is 30.3 Å². The number of halogens is 3. The molecule has 2 aromatic carbocycles. The molecule has 37 heavy (non-hydrogen) atoms. The number of fused-ring (bicyclic) bond motifs is 1. The number of hydrogen-bond acceptors (Lipinski definition) is 4. The van der Waals surface area contributed by atoms with Crippen LogP contribution in [-0.4, -0.2) is 34.3 Å². The number of anilines is 1. The second-order valence-electron chi connectivity index (χ2n) is 9.53. The van der Waals surface area contributed by atoms with Gasteiger partial charge in [-0.05, 0) is 56.0 Å². The summed E-state index contributed by atoms with van der Waals surface area (Å²) in [5, 5.41) is 0. The molecule has 5 rings (SSSR count). The van der Waals surface area contributed by atoms with Gasteiger partial charge in [0.2, 0.25) is 0 Å². The van der Waals surface area contributed by atoms with Gasteiger partial charge in [0.1, 0.15) is 17.0 Å². The fraction of sp³-hybridized carbons (Fsp3) is 0.357. The predicted molar refractivity (Wildman–Crippen MR) is 137 cm³/mol. The molecule has 0 saturated carbocycles. The molecule has 0 amide bonds. The van der Waals surface area contributed by atoms with E-state index in [1.807, 2.05) is 6.07 Å². The number of benzene rings is 2. The molecular weight excluding hydrogens is 481 g/mol. The van der Waals surface area contributed by atoms with E-state index in [-0.39, 0.29) is 23.8 Å². The lowest BCUT2D eigenvalue weighted by Crippen LogP contribution is -2.38. The maximum Gasteiger partial charge on any atom is 0.433 e. The standard InChI is InChI=1S/C28H29F3N4O2/c1-18-7-4-8-19(2)24(18)33-15-12-21(13-16-33)35-22-10-5-11-23(37-3)25(22)34(27(35)36)17-20-9-6-14-32-26(20)28(29,30)31/h4-11,14,21H,12-13,15-17H2,1-3H3. The highest BCUT2D eigenvalue weighted by molar-refractivity contribution is 5.83. The zero-order valence-electron chi connectivity index (χ0n) is 21.0. The number of aromatic nitrogens is 3. The first-order chi connectivity index (χ1) is 17.7. The number of pyridine rings is 1. The molecule has 9 heteroatoms. The number of piperidine rings is 1. The molecule has 2 aromatic heterocycles. The van der Waals surface area contributed by atoms with Crippen molar-refractivity contribution >= 4 is 16.7 Å². The minimum atomic E-state index is -4.62. The number of imidazole rings is 1. The lowest BCUT2D eigenvalue weighted by atomic mass is 10.0. The number of ether oxygens (including phenoxy) is 1. The Hall–Kier alpha value is -3.75. The minimum absolute atomic E-state index is 0.0631. The molecule has 0 N–H and O–H groups in total. The maximum absolute atomic E-state index is 13.8. The van der Waals surface area contributed by atoms with Gasteiger partial charge in [0.25, 0.3) is 0 Å². The van der Waals surface area contributed by atoms with Gasteiger partial charge in [0.05, 0.1) is 19.2 Å². The molecule has 6 nitrogen and oxygen atoms in total. The van der Waals surface area contributed by atoms with Crippen molar-refractivity contribution in [2.75, 3.05) is 25.1 Å². The van der Waals surface area contributed by atoms with E-state index in [1.165, 1.54) is 40.6 Å². The number of rotatable bonds is 5. The fourth-order valence-corrected chi connectivity index (χ4v) is 5.61. The smallest absolute Gasteiger partial charge is 0.433 e. The molecule has 1 aliphatic heterocycles. The maximum atomic E-state index is 13.8. The lowest BCUT2D eigenvalue weighted by Gasteiger charge is -2.35. The third kappa shape index (κ3) is 4.47. The first kappa shape index (κ1) is 24.9. The van der Waals surface area contributed by atoms with Gasteiger partial charge >= 0.3 is 11.9 Å². The summed E-state index contributed by atoms with van der Waals surface area (Å²) in [6, 6.07) is 14.4. The summed E-state index contributed by atoms with van der Waals surface area (Å²) in [6.07, 6.45) is -2.03. The van der Waals surface area contributed by atoms with Crippen molar-refractivity contribution in [2.45, 2.75) is 45.5 Å². The summed E-state index contributed by atoms with van der Waals surface area (Å²) >= 11 is 0. The Morgan fingerprint density at radius 1 is 1.00 bits per heavy atom. The van der Waals surface area contributed by atoms with E-state index in [1.54, 1.807) is 16.7 Å². The normalized spacial score (nSPS) is 14.9. The van der Waals surface area contributed by atoms with Gasteiger partial charge < -0.3 is 9.64 Å². The molecule has 0 spiro atoms. The Morgan fingerprint density at radius 3 is 2.32 bits per heavy atom. The van der Waals surface area contributed by atoms with Crippen molar-refractivity contribution in [2.24, 2.45) is 0 Å². The number of hydrogen-bond donors (Lipinski definition) is 0. The highest BCUT2D eigenvalue weighted by atomic mass is 19.4. The van der Waals surface area contributed by atoms with Crippen LogP contribution in [0.5, 0.6) is 5.75 Å². The van der Waals surface area contributed by atoms with E-state index >= 15 is 0 Å². The summed E-state index contributed by atoms with van der Waals surface area (Å²) in [5.74, 6) is 0.443. The number of alkyl halides is 3. The van der Waals surface area contributed by atoms with Gasteiger partial charge in [0.15, 0.2) is 0 Å². The Bertz CT molecular complexity index is 1480.